The van der Waals surface area contributed by atoms with Crippen LogP contribution in [0.4, 0.5) is 0 Å². The van der Waals surface area contributed by atoms with Gasteiger partial charge in [0.15, 0.2) is 0 Å². The molecule has 2 nitrogen and oxygen atoms in total. The molecule has 1 aromatic rings. The maximum absolute atomic E-state index is 9.14. The van der Waals surface area contributed by atoms with Crippen LogP contribution in [0, 0.1) is 6.92 Å². The number of benzene rings is 1. The Kier molecular flexibility index (Phi) is 2.71. The third-order valence-corrected chi connectivity index (χ3v) is 1.87. The van der Waals surface area contributed by atoms with Gasteiger partial charge in [-0.2, -0.15) is 0 Å². The molecule has 0 aliphatic heterocycles. The van der Waals surface area contributed by atoms with E-state index in [9.17, 15) is 0 Å². The predicted molar refractivity (Wildman–Crippen MR) is 50.2 cm³/mol. The Morgan fingerprint density at radius 3 is 2.67 bits per heavy atom. The van der Waals surface area contributed by atoms with E-state index in [1.807, 2.05) is 19.9 Å². The molecule has 3 N–H and O–H groups in total. The summed E-state index contributed by atoms with van der Waals surface area (Å²) in [6.45, 7) is 3.96. The van der Waals surface area contributed by atoms with Crippen LogP contribution in [0.25, 0.3) is 0 Å². The summed E-state index contributed by atoms with van der Waals surface area (Å²) in [5.74, 6) is 0.320. The lowest BCUT2D eigenvalue weighted by Crippen LogP contribution is -2.18. The third kappa shape index (κ3) is 2.24. The SMILES string of the molecule is Cc1cc(O)ccc1C[C@H](C)N. The van der Waals surface area contributed by atoms with Crippen LogP contribution < -0.4 is 5.73 Å². The topological polar surface area (TPSA) is 46.2 Å². The Morgan fingerprint density at radius 1 is 1.50 bits per heavy atom. The minimum atomic E-state index is 0.174. The van der Waals surface area contributed by atoms with E-state index in [-0.39, 0.29) is 6.04 Å². The molecule has 12 heavy (non-hydrogen) atoms. The molecule has 0 aliphatic rings. The zero-order valence-corrected chi connectivity index (χ0v) is 7.54. The van der Waals surface area contributed by atoms with Gasteiger partial charge in [0.2, 0.25) is 0 Å². The molecule has 0 saturated carbocycles. The summed E-state index contributed by atoms with van der Waals surface area (Å²) >= 11 is 0. The van der Waals surface area contributed by atoms with E-state index in [0.29, 0.717) is 5.75 Å². The summed E-state index contributed by atoms with van der Waals surface area (Å²) in [5.41, 5.74) is 7.98. The van der Waals surface area contributed by atoms with Gasteiger partial charge in [0.05, 0.1) is 0 Å². The Labute approximate surface area is 73.0 Å². The summed E-state index contributed by atoms with van der Waals surface area (Å²) in [5, 5.41) is 9.14. The van der Waals surface area contributed by atoms with Crippen LogP contribution >= 0.6 is 0 Å². The quantitative estimate of drug-likeness (QED) is 0.699. The van der Waals surface area contributed by atoms with Gasteiger partial charge >= 0.3 is 0 Å². The zero-order valence-electron chi connectivity index (χ0n) is 7.54. The first-order valence-electron chi connectivity index (χ1n) is 4.13. The molecule has 1 rings (SSSR count). The highest BCUT2D eigenvalue weighted by molar-refractivity contribution is 5.34. The fourth-order valence-corrected chi connectivity index (χ4v) is 1.26. The van der Waals surface area contributed by atoms with E-state index in [0.717, 1.165) is 12.0 Å². The minimum absolute atomic E-state index is 0.174. The van der Waals surface area contributed by atoms with Gasteiger partial charge in [0.1, 0.15) is 5.75 Å². The first-order valence-corrected chi connectivity index (χ1v) is 4.13. The van der Waals surface area contributed by atoms with Crippen LogP contribution in [0.5, 0.6) is 5.75 Å². The Bertz CT molecular complexity index is 269. The molecule has 66 valence electrons. The van der Waals surface area contributed by atoms with Crippen molar-refractivity contribution < 1.29 is 5.11 Å². The maximum Gasteiger partial charge on any atom is 0.115 e. The highest BCUT2D eigenvalue weighted by Crippen LogP contribution is 2.16. The molecule has 1 atom stereocenters. The Hall–Kier alpha value is -1.02. The molecule has 0 unspecified atom stereocenters. The third-order valence-electron chi connectivity index (χ3n) is 1.87. The lowest BCUT2D eigenvalue weighted by molar-refractivity contribution is 0.474. The Balaban J connectivity index is 2.86. The molecule has 0 fully saturated rings. The first-order chi connectivity index (χ1) is 5.59. The Morgan fingerprint density at radius 2 is 2.17 bits per heavy atom. The second kappa shape index (κ2) is 3.59. The van der Waals surface area contributed by atoms with Crippen molar-refractivity contribution in [1.82, 2.24) is 0 Å². The smallest absolute Gasteiger partial charge is 0.115 e. The van der Waals surface area contributed by atoms with Crippen molar-refractivity contribution >= 4 is 0 Å². The molecular formula is C10H15NO. The predicted octanol–water partition coefficient (Wildman–Crippen LogP) is 1.59. The second-order valence-electron chi connectivity index (χ2n) is 3.29. The fraction of sp³-hybridized carbons (Fsp3) is 0.400. The van der Waals surface area contributed by atoms with Crippen molar-refractivity contribution in [2.24, 2.45) is 5.73 Å². The highest BCUT2D eigenvalue weighted by Gasteiger charge is 2.01. The van der Waals surface area contributed by atoms with Gasteiger partial charge in [0.25, 0.3) is 0 Å². The van der Waals surface area contributed by atoms with Gasteiger partial charge in [0, 0.05) is 6.04 Å². The summed E-state index contributed by atoms with van der Waals surface area (Å²) in [4.78, 5) is 0. The number of phenols is 1. The van der Waals surface area contributed by atoms with E-state index < -0.39 is 0 Å². The number of phenolic OH excluding ortho intramolecular Hbond substituents is 1. The molecule has 0 bridgehead atoms. The van der Waals surface area contributed by atoms with Crippen LogP contribution in [0.2, 0.25) is 0 Å². The monoisotopic (exact) mass is 165 g/mol. The molecule has 0 saturated heterocycles. The minimum Gasteiger partial charge on any atom is -0.508 e. The molecule has 2 heteroatoms. The number of hydrogen-bond donors (Lipinski definition) is 2. The van der Waals surface area contributed by atoms with Gasteiger partial charge in [-0.15, -0.1) is 0 Å². The summed E-state index contributed by atoms with van der Waals surface area (Å²) < 4.78 is 0. The fourth-order valence-electron chi connectivity index (χ4n) is 1.26. The largest absolute Gasteiger partial charge is 0.508 e. The molecule has 0 aromatic heterocycles. The molecule has 0 amide bonds. The van der Waals surface area contributed by atoms with Gasteiger partial charge in [-0.25, -0.2) is 0 Å². The molecule has 1 aromatic carbocycles. The van der Waals surface area contributed by atoms with Crippen molar-refractivity contribution in [3.8, 4) is 5.75 Å². The van der Waals surface area contributed by atoms with E-state index in [1.165, 1.54) is 5.56 Å². The van der Waals surface area contributed by atoms with E-state index in [1.54, 1.807) is 12.1 Å². The average Bonchev–Trinajstić information content (AvgIpc) is 1.94. The standard InChI is InChI=1S/C10H15NO/c1-7-5-10(12)4-3-9(7)6-8(2)11/h3-5,8,12H,6,11H2,1-2H3/t8-/m0/s1. The van der Waals surface area contributed by atoms with Crippen molar-refractivity contribution in [2.75, 3.05) is 0 Å². The second-order valence-corrected chi connectivity index (χ2v) is 3.29. The molecule has 0 aliphatic carbocycles. The maximum atomic E-state index is 9.14. The highest BCUT2D eigenvalue weighted by atomic mass is 16.3. The van der Waals surface area contributed by atoms with Crippen LogP contribution in [0.3, 0.4) is 0 Å². The van der Waals surface area contributed by atoms with Crippen molar-refractivity contribution in [3.05, 3.63) is 29.3 Å². The number of hydrogen-bond acceptors (Lipinski definition) is 2. The van der Waals surface area contributed by atoms with Crippen LogP contribution in [-0.4, -0.2) is 11.1 Å². The normalized spacial score (nSPS) is 12.9. The van der Waals surface area contributed by atoms with Gasteiger partial charge in [-0.3, -0.25) is 0 Å². The first kappa shape index (κ1) is 9.07. The molecule has 0 spiro atoms. The van der Waals surface area contributed by atoms with Crippen molar-refractivity contribution in [2.45, 2.75) is 26.3 Å². The summed E-state index contributed by atoms with van der Waals surface area (Å²) in [6, 6.07) is 5.56. The zero-order chi connectivity index (χ0) is 9.14. The number of aromatic hydroxyl groups is 1. The molecule has 0 radical (unpaired) electrons. The van der Waals surface area contributed by atoms with E-state index in [4.69, 9.17) is 10.8 Å². The van der Waals surface area contributed by atoms with Crippen molar-refractivity contribution in [3.63, 3.8) is 0 Å². The lowest BCUT2D eigenvalue weighted by Gasteiger charge is -2.08. The van der Waals surface area contributed by atoms with Gasteiger partial charge in [-0.1, -0.05) is 6.07 Å². The summed E-state index contributed by atoms with van der Waals surface area (Å²) in [7, 11) is 0. The van der Waals surface area contributed by atoms with Gasteiger partial charge in [-0.05, 0) is 43.5 Å². The molecular weight excluding hydrogens is 150 g/mol. The number of aryl methyl sites for hydroxylation is 1. The lowest BCUT2D eigenvalue weighted by atomic mass is 10.0. The average molecular weight is 165 g/mol. The van der Waals surface area contributed by atoms with E-state index >= 15 is 0 Å². The van der Waals surface area contributed by atoms with Crippen LogP contribution in [-0.2, 0) is 6.42 Å². The molecule has 0 heterocycles. The van der Waals surface area contributed by atoms with Crippen LogP contribution in [0.15, 0.2) is 18.2 Å². The summed E-state index contributed by atoms with van der Waals surface area (Å²) in [6.07, 6.45) is 0.867. The van der Waals surface area contributed by atoms with Crippen LogP contribution in [0.1, 0.15) is 18.1 Å². The van der Waals surface area contributed by atoms with E-state index in [2.05, 4.69) is 0 Å². The van der Waals surface area contributed by atoms with Crippen molar-refractivity contribution in [1.29, 1.82) is 0 Å². The number of nitrogens with two attached hydrogens (primary N) is 1. The van der Waals surface area contributed by atoms with Gasteiger partial charge < -0.3 is 10.8 Å². The number of rotatable bonds is 2.